The van der Waals surface area contributed by atoms with Gasteiger partial charge in [0.05, 0.1) is 6.54 Å². The molecule has 2 atom stereocenters. The van der Waals surface area contributed by atoms with Gasteiger partial charge in [0.2, 0.25) is 0 Å². The number of nitrogens with one attached hydrogen (secondary N) is 2. The van der Waals surface area contributed by atoms with Crippen LogP contribution >= 0.6 is 0 Å². The number of fused-ring (bicyclic) bond motifs is 2. The molecule has 0 bridgehead atoms. The highest BCUT2D eigenvalue weighted by Crippen LogP contribution is 2.34. The maximum atomic E-state index is 14.1. The summed E-state index contributed by atoms with van der Waals surface area (Å²) in [5, 5.41) is 4.04. The molecule has 2 N–H and O–H groups in total. The highest BCUT2D eigenvalue weighted by atomic mass is 19.1. The van der Waals surface area contributed by atoms with E-state index in [9.17, 15) is 9.18 Å². The molecule has 0 aliphatic carbocycles. The van der Waals surface area contributed by atoms with Crippen LogP contribution in [0, 0.1) is 0 Å². The lowest BCUT2D eigenvalue weighted by Crippen LogP contribution is -2.69. The van der Waals surface area contributed by atoms with Crippen LogP contribution in [0.4, 0.5) is 10.2 Å². The zero-order chi connectivity index (χ0) is 18.1. The average molecular weight is 358 g/mol. The fourth-order valence-corrected chi connectivity index (χ4v) is 4.21. The molecule has 138 valence electrons. The summed E-state index contributed by atoms with van der Waals surface area (Å²) in [5.41, 5.74) is 4.83. The van der Waals surface area contributed by atoms with Crippen LogP contribution < -0.4 is 10.3 Å². The van der Waals surface area contributed by atoms with Crippen molar-refractivity contribution in [1.82, 2.24) is 25.4 Å². The molecule has 2 unspecified atom stereocenters. The number of carbonyl (C=O) groups excluding carboxylic acids is 1. The largest absolute Gasteiger partial charge is 0.337 e. The van der Waals surface area contributed by atoms with Crippen LogP contribution in [0.2, 0.25) is 0 Å². The zero-order valence-corrected chi connectivity index (χ0v) is 15.0. The van der Waals surface area contributed by atoms with Gasteiger partial charge in [-0.15, -0.1) is 0 Å². The number of alkyl halides is 1. The highest BCUT2D eigenvalue weighted by molar-refractivity contribution is 5.94. The molecule has 5 heterocycles. The predicted octanol–water partition coefficient (Wildman–Crippen LogP) is 1.36. The summed E-state index contributed by atoms with van der Waals surface area (Å²) in [6.45, 7) is 3.10. The smallest absolute Gasteiger partial charge is 0.270 e. The number of likely N-dealkylation sites (tertiary alicyclic amines) is 1. The molecule has 5 rings (SSSR count). The number of rotatable bonds is 2. The average Bonchev–Trinajstić information content (AvgIpc) is 3.26. The van der Waals surface area contributed by atoms with E-state index in [0.717, 1.165) is 30.0 Å². The van der Waals surface area contributed by atoms with Crippen molar-refractivity contribution >= 4 is 11.7 Å². The highest BCUT2D eigenvalue weighted by Gasteiger charge is 2.38. The number of H-pyrrole nitrogens is 1. The van der Waals surface area contributed by atoms with Crippen LogP contribution in [-0.2, 0) is 6.42 Å². The van der Waals surface area contributed by atoms with Crippen LogP contribution in [0.1, 0.15) is 29.4 Å². The van der Waals surface area contributed by atoms with Crippen molar-refractivity contribution in [2.45, 2.75) is 31.6 Å². The van der Waals surface area contributed by atoms with E-state index in [0.29, 0.717) is 18.7 Å². The van der Waals surface area contributed by atoms with Gasteiger partial charge in [-0.1, -0.05) is 0 Å². The Hall–Kier alpha value is -2.32. The number of hydrogen-bond donors (Lipinski definition) is 2. The molecule has 2 fully saturated rings. The van der Waals surface area contributed by atoms with Gasteiger partial charge < -0.3 is 14.8 Å². The fourth-order valence-electron chi connectivity index (χ4n) is 4.21. The minimum atomic E-state index is -1.27. The Kier molecular flexibility index (Phi) is 3.27. The van der Waals surface area contributed by atoms with Crippen LogP contribution in [0.5, 0.6) is 0 Å². The molecule has 0 aromatic carbocycles. The molecule has 4 aliphatic rings. The van der Waals surface area contributed by atoms with Gasteiger partial charge in [0.15, 0.2) is 0 Å². The van der Waals surface area contributed by atoms with Gasteiger partial charge in [0, 0.05) is 38.5 Å². The third-order valence-electron chi connectivity index (χ3n) is 5.68. The SMILES string of the molecule is CN1NC2C=C(N3CCc4cc(C(=O)N5CCC(C)(F)C5)[nH]c43)C=CN21. The Balaban J connectivity index is 1.36. The summed E-state index contributed by atoms with van der Waals surface area (Å²) in [7, 11) is 1.97. The fraction of sp³-hybridized carbons (Fsp3) is 0.500. The van der Waals surface area contributed by atoms with E-state index in [-0.39, 0.29) is 18.6 Å². The molecular formula is C18H23FN6O. The van der Waals surface area contributed by atoms with E-state index in [1.807, 2.05) is 18.2 Å². The maximum absolute atomic E-state index is 14.1. The first-order valence-corrected chi connectivity index (χ1v) is 9.07. The van der Waals surface area contributed by atoms with E-state index < -0.39 is 5.67 Å². The molecule has 4 aliphatic heterocycles. The number of amides is 1. The van der Waals surface area contributed by atoms with Gasteiger partial charge in [0.1, 0.15) is 23.3 Å². The first kappa shape index (κ1) is 15.9. The van der Waals surface area contributed by atoms with Crippen molar-refractivity contribution < 1.29 is 9.18 Å². The third-order valence-corrected chi connectivity index (χ3v) is 5.68. The molecule has 7 nitrogen and oxygen atoms in total. The van der Waals surface area contributed by atoms with E-state index in [1.165, 1.54) is 0 Å². The van der Waals surface area contributed by atoms with Crippen LogP contribution in [0.15, 0.2) is 30.1 Å². The Morgan fingerprint density at radius 3 is 2.92 bits per heavy atom. The summed E-state index contributed by atoms with van der Waals surface area (Å²) in [6, 6.07) is 1.93. The van der Waals surface area contributed by atoms with Gasteiger partial charge >= 0.3 is 0 Å². The molecule has 1 aromatic heterocycles. The van der Waals surface area contributed by atoms with Crippen molar-refractivity contribution in [1.29, 1.82) is 0 Å². The van der Waals surface area contributed by atoms with E-state index >= 15 is 0 Å². The van der Waals surface area contributed by atoms with Crippen molar-refractivity contribution in [3.05, 3.63) is 41.4 Å². The molecule has 0 spiro atoms. The Labute approximate surface area is 151 Å². The topological polar surface area (TPSA) is 57.9 Å². The second-order valence-electron chi connectivity index (χ2n) is 7.73. The Morgan fingerprint density at radius 2 is 2.23 bits per heavy atom. The van der Waals surface area contributed by atoms with Crippen molar-refractivity contribution in [3.63, 3.8) is 0 Å². The third kappa shape index (κ3) is 2.36. The summed E-state index contributed by atoms with van der Waals surface area (Å²) >= 11 is 0. The lowest BCUT2D eigenvalue weighted by atomic mass is 10.1. The standard InChI is InChI=1S/C18H23FN6O/c1-18(19)5-8-23(11-18)17(26)14-9-12-3-6-24(16(12)20-14)13-4-7-25-15(10-13)21-22(25)2/h4,7,9-10,15,20-21H,3,5-6,8,11H2,1-2H3. The lowest BCUT2D eigenvalue weighted by molar-refractivity contribution is -0.160. The molecule has 8 heteroatoms. The molecule has 1 amide bonds. The molecule has 0 radical (unpaired) electrons. The number of carbonyl (C=O) groups is 1. The maximum Gasteiger partial charge on any atom is 0.270 e. The van der Waals surface area contributed by atoms with Gasteiger partial charge in [-0.2, -0.15) is 5.12 Å². The number of aromatic nitrogens is 1. The normalized spacial score (nSPS) is 30.3. The quantitative estimate of drug-likeness (QED) is 0.836. The minimum absolute atomic E-state index is 0.109. The number of aromatic amines is 1. The van der Waals surface area contributed by atoms with Gasteiger partial charge in [-0.25, -0.2) is 9.82 Å². The molecule has 2 saturated heterocycles. The van der Waals surface area contributed by atoms with E-state index in [2.05, 4.69) is 38.7 Å². The van der Waals surface area contributed by atoms with Crippen LogP contribution in [0.25, 0.3) is 0 Å². The minimum Gasteiger partial charge on any atom is -0.337 e. The summed E-state index contributed by atoms with van der Waals surface area (Å²) < 4.78 is 14.1. The number of nitrogens with zero attached hydrogens (tertiary/aromatic N) is 4. The molecule has 1 aromatic rings. The van der Waals surface area contributed by atoms with E-state index in [1.54, 1.807) is 11.8 Å². The van der Waals surface area contributed by atoms with Crippen LogP contribution in [-0.4, -0.2) is 64.4 Å². The molecule has 26 heavy (non-hydrogen) atoms. The number of halogens is 1. The second-order valence-corrected chi connectivity index (χ2v) is 7.73. The molecular weight excluding hydrogens is 335 g/mol. The Morgan fingerprint density at radius 1 is 1.38 bits per heavy atom. The van der Waals surface area contributed by atoms with Crippen LogP contribution in [0.3, 0.4) is 0 Å². The second kappa shape index (κ2) is 5.34. The summed E-state index contributed by atoms with van der Waals surface area (Å²) in [5.74, 6) is 0.870. The molecule has 0 saturated carbocycles. The van der Waals surface area contributed by atoms with E-state index in [4.69, 9.17) is 0 Å². The number of allylic oxidation sites excluding steroid dienone is 1. The summed E-state index contributed by atoms with van der Waals surface area (Å²) in [4.78, 5) is 19.8. The Bertz CT molecular complexity index is 828. The van der Waals surface area contributed by atoms with Gasteiger partial charge in [-0.05, 0) is 37.1 Å². The number of hydrogen-bond acceptors (Lipinski definition) is 5. The lowest BCUT2D eigenvalue weighted by Gasteiger charge is -2.49. The van der Waals surface area contributed by atoms with Gasteiger partial charge in [-0.3, -0.25) is 9.80 Å². The van der Waals surface area contributed by atoms with Gasteiger partial charge in [0.25, 0.3) is 5.91 Å². The van der Waals surface area contributed by atoms with Crippen molar-refractivity contribution in [2.24, 2.45) is 0 Å². The first-order valence-electron chi connectivity index (χ1n) is 9.07. The summed E-state index contributed by atoms with van der Waals surface area (Å²) in [6.07, 6.45) is 7.78. The number of hydrazine groups is 2. The monoisotopic (exact) mass is 358 g/mol. The first-order chi connectivity index (χ1) is 12.4. The van der Waals surface area contributed by atoms with Crippen molar-refractivity contribution in [2.75, 3.05) is 31.6 Å². The zero-order valence-electron chi connectivity index (χ0n) is 15.0. The number of anilines is 1. The predicted molar refractivity (Wildman–Crippen MR) is 95.6 cm³/mol. The van der Waals surface area contributed by atoms with Crippen molar-refractivity contribution in [3.8, 4) is 0 Å².